The van der Waals surface area contributed by atoms with Gasteiger partial charge in [0.2, 0.25) is 0 Å². The molecule has 2 nitrogen and oxygen atoms in total. The highest BCUT2D eigenvalue weighted by atomic mass is 15.2. The van der Waals surface area contributed by atoms with Crippen LogP contribution in [0.3, 0.4) is 0 Å². The number of rotatable bonds is 7. The van der Waals surface area contributed by atoms with Gasteiger partial charge in [0.1, 0.15) is 0 Å². The third kappa shape index (κ3) is 3.45. The molecule has 0 radical (unpaired) electrons. The van der Waals surface area contributed by atoms with Gasteiger partial charge in [-0.05, 0) is 57.5 Å². The standard InChI is InChI=1S/C15H32N2/c1-5-15(6-2,17-11-7-8-12-17)14(16)10-9-13(3)4/h13-14H,5-12,16H2,1-4H3. The van der Waals surface area contributed by atoms with Crippen LogP contribution in [0.15, 0.2) is 0 Å². The topological polar surface area (TPSA) is 29.3 Å². The summed E-state index contributed by atoms with van der Waals surface area (Å²) in [5, 5.41) is 0. The van der Waals surface area contributed by atoms with Crippen LogP contribution in [0.25, 0.3) is 0 Å². The lowest BCUT2D eigenvalue weighted by atomic mass is 9.80. The van der Waals surface area contributed by atoms with E-state index in [2.05, 4.69) is 32.6 Å². The zero-order valence-corrected chi connectivity index (χ0v) is 12.3. The number of nitrogens with two attached hydrogens (primary N) is 1. The van der Waals surface area contributed by atoms with E-state index in [1.807, 2.05) is 0 Å². The minimum atomic E-state index is 0.269. The number of likely N-dealkylation sites (tertiary alicyclic amines) is 1. The van der Waals surface area contributed by atoms with Crippen molar-refractivity contribution in [2.24, 2.45) is 11.7 Å². The van der Waals surface area contributed by atoms with Crippen molar-refractivity contribution in [3.63, 3.8) is 0 Å². The largest absolute Gasteiger partial charge is 0.326 e. The summed E-state index contributed by atoms with van der Waals surface area (Å²) < 4.78 is 0. The third-order valence-electron chi connectivity index (χ3n) is 4.71. The van der Waals surface area contributed by atoms with Crippen molar-refractivity contribution in [3.05, 3.63) is 0 Å². The van der Waals surface area contributed by atoms with E-state index in [9.17, 15) is 0 Å². The highest BCUT2D eigenvalue weighted by Crippen LogP contribution is 2.32. The van der Waals surface area contributed by atoms with Crippen LogP contribution in [0.2, 0.25) is 0 Å². The lowest BCUT2D eigenvalue weighted by Gasteiger charge is -2.45. The average molecular weight is 240 g/mol. The van der Waals surface area contributed by atoms with Crippen LogP contribution in [0.4, 0.5) is 0 Å². The summed E-state index contributed by atoms with van der Waals surface area (Å²) in [6.45, 7) is 11.7. The first-order valence-corrected chi connectivity index (χ1v) is 7.57. The second-order valence-electron chi connectivity index (χ2n) is 6.08. The molecule has 0 spiro atoms. The van der Waals surface area contributed by atoms with Crippen LogP contribution in [0.1, 0.15) is 66.2 Å². The van der Waals surface area contributed by atoms with Crippen molar-refractivity contribution in [2.75, 3.05) is 13.1 Å². The molecule has 0 aromatic carbocycles. The molecular formula is C15H32N2. The highest BCUT2D eigenvalue weighted by Gasteiger charge is 2.39. The minimum absolute atomic E-state index is 0.269. The van der Waals surface area contributed by atoms with Gasteiger partial charge >= 0.3 is 0 Å². The third-order valence-corrected chi connectivity index (χ3v) is 4.71. The van der Waals surface area contributed by atoms with Crippen LogP contribution in [0, 0.1) is 5.92 Å². The Morgan fingerprint density at radius 2 is 1.59 bits per heavy atom. The van der Waals surface area contributed by atoms with Crippen LogP contribution < -0.4 is 5.73 Å². The Balaban J connectivity index is 2.67. The summed E-state index contributed by atoms with van der Waals surface area (Å²) >= 11 is 0. The van der Waals surface area contributed by atoms with Crippen LogP contribution in [-0.2, 0) is 0 Å². The summed E-state index contributed by atoms with van der Waals surface area (Å²) in [7, 11) is 0. The molecule has 0 aliphatic carbocycles. The lowest BCUT2D eigenvalue weighted by molar-refractivity contribution is 0.0717. The fourth-order valence-electron chi connectivity index (χ4n) is 3.40. The highest BCUT2D eigenvalue weighted by molar-refractivity contribution is 4.98. The molecule has 1 atom stereocenters. The summed E-state index contributed by atoms with van der Waals surface area (Å²) in [6, 6.07) is 0.345. The molecule has 1 fully saturated rings. The van der Waals surface area contributed by atoms with Gasteiger partial charge in [0.05, 0.1) is 0 Å². The van der Waals surface area contributed by atoms with E-state index >= 15 is 0 Å². The fourth-order valence-corrected chi connectivity index (χ4v) is 3.40. The van der Waals surface area contributed by atoms with Gasteiger partial charge in [0.25, 0.3) is 0 Å². The maximum absolute atomic E-state index is 6.56. The van der Waals surface area contributed by atoms with Crippen molar-refractivity contribution >= 4 is 0 Å². The second-order valence-corrected chi connectivity index (χ2v) is 6.08. The Bertz CT molecular complexity index is 203. The molecule has 0 aromatic heterocycles. The monoisotopic (exact) mass is 240 g/mol. The molecule has 0 aromatic rings. The number of hydrogen-bond donors (Lipinski definition) is 1. The Kier molecular flexibility index (Phi) is 5.94. The predicted octanol–water partition coefficient (Wildman–Crippen LogP) is 3.40. The van der Waals surface area contributed by atoms with Crippen molar-refractivity contribution < 1.29 is 0 Å². The Morgan fingerprint density at radius 1 is 1.06 bits per heavy atom. The molecule has 2 heteroatoms. The van der Waals surface area contributed by atoms with Gasteiger partial charge in [-0.1, -0.05) is 27.7 Å². The van der Waals surface area contributed by atoms with Crippen LogP contribution in [-0.4, -0.2) is 29.6 Å². The van der Waals surface area contributed by atoms with E-state index in [1.165, 1.54) is 51.6 Å². The molecular weight excluding hydrogens is 208 g/mol. The molecule has 0 bridgehead atoms. The fraction of sp³-hybridized carbons (Fsp3) is 1.00. The Labute approximate surface area is 108 Å². The average Bonchev–Trinajstić information content (AvgIpc) is 2.83. The number of hydrogen-bond acceptors (Lipinski definition) is 2. The summed E-state index contributed by atoms with van der Waals surface area (Å²) in [6.07, 6.45) is 7.55. The molecule has 102 valence electrons. The molecule has 0 amide bonds. The van der Waals surface area contributed by atoms with Gasteiger partial charge in [0.15, 0.2) is 0 Å². The Hall–Kier alpha value is -0.0800. The van der Waals surface area contributed by atoms with Gasteiger partial charge in [-0.15, -0.1) is 0 Å². The molecule has 0 saturated carbocycles. The van der Waals surface area contributed by atoms with Gasteiger partial charge in [0, 0.05) is 11.6 Å². The smallest absolute Gasteiger partial charge is 0.0355 e. The zero-order valence-electron chi connectivity index (χ0n) is 12.3. The molecule has 1 heterocycles. The van der Waals surface area contributed by atoms with Crippen molar-refractivity contribution in [2.45, 2.75) is 77.8 Å². The second kappa shape index (κ2) is 6.75. The van der Waals surface area contributed by atoms with Crippen LogP contribution >= 0.6 is 0 Å². The van der Waals surface area contributed by atoms with E-state index in [0.717, 1.165) is 5.92 Å². The van der Waals surface area contributed by atoms with Gasteiger partial charge in [-0.25, -0.2) is 0 Å². The van der Waals surface area contributed by atoms with E-state index in [0.29, 0.717) is 6.04 Å². The summed E-state index contributed by atoms with van der Waals surface area (Å²) in [5.74, 6) is 0.769. The van der Waals surface area contributed by atoms with Gasteiger partial charge < -0.3 is 5.73 Å². The molecule has 1 rings (SSSR count). The summed E-state index contributed by atoms with van der Waals surface area (Å²) in [4.78, 5) is 2.68. The quantitative estimate of drug-likeness (QED) is 0.739. The molecule has 1 unspecified atom stereocenters. The molecule has 1 aliphatic rings. The SMILES string of the molecule is CCC(CC)(C(N)CCC(C)C)N1CCCC1. The lowest BCUT2D eigenvalue weighted by Crippen LogP contribution is -2.58. The van der Waals surface area contributed by atoms with E-state index in [1.54, 1.807) is 0 Å². The van der Waals surface area contributed by atoms with Crippen molar-refractivity contribution in [3.8, 4) is 0 Å². The first kappa shape index (κ1) is 15.0. The zero-order chi connectivity index (χ0) is 12.9. The van der Waals surface area contributed by atoms with Crippen LogP contribution in [0.5, 0.6) is 0 Å². The number of nitrogens with zero attached hydrogens (tertiary/aromatic N) is 1. The van der Waals surface area contributed by atoms with Gasteiger partial charge in [-0.2, -0.15) is 0 Å². The van der Waals surface area contributed by atoms with Gasteiger partial charge in [-0.3, -0.25) is 4.90 Å². The normalized spacial score (nSPS) is 20.1. The maximum atomic E-state index is 6.56. The summed E-state index contributed by atoms with van der Waals surface area (Å²) in [5.41, 5.74) is 6.83. The predicted molar refractivity (Wildman–Crippen MR) is 76.2 cm³/mol. The molecule has 2 N–H and O–H groups in total. The molecule has 1 aliphatic heterocycles. The maximum Gasteiger partial charge on any atom is 0.0355 e. The Morgan fingerprint density at radius 3 is 2.00 bits per heavy atom. The first-order valence-electron chi connectivity index (χ1n) is 7.57. The first-order chi connectivity index (χ1) is 8.06. The van der Waals surface area contributed by atoms with Crippen molar-refractivity contribution in [1.82, 2.24) is 4.90 Å². The van der Waals surface area contributed by atoms with Crippen molar-refractivity contribution in [1.29, 1.82) is 0 Å². The van der Waals surface area contributed by atoms with E-state index in [-0.39, 0.29) is 5.54 Å². The minimum Gasteiger partial charge on any atom is -0.326 e. The molecule has 17 heavy (non-hydrogen) atoms. The van der Waals surface area contributed by atoms with E-state index < -0.39 is 0 Å². The van der Waals surface area contributed by atoms with E-state index in [4.69, 9.17) is 5.73 Å². The molecule has 1 saturated heterocycles.